The number of hydrogen-bond acceptors (Lipinski definition) is 3. The number of rotatable bonds is 3. The van der Waals surface area contributed by atoms with Gasteiger partial charge in [-0.15, -0.1) is 0 Å². The fraction of sp³-hybridized carbons (Fsp3) is 0.333. The summed E-state index contributed by atoms with van der Waals surface area (Å²) in [4.78, 5) is -0.487. The molecule has 0 saturated carbocycles. The summed E-state index contributed by atoms with van der Waals surface area (Å²) in [6, 6.07) is 3.95. The van der Waals surface area contributed by atoms with Crippen molar-refractivity contribution in [1.29, 1.82) is 0 Å². The van der Waals surface area contributed by atoms with E-state index < -0.39 is 20.7 Å². The van der Waals surface area contributed by atoms with Crippen LogP contribution < -0.4 is 10.5 Å². The Bertz CT molecular complexity index is 457. The van der Waals surface area contributed by atoms with Crippen LogP contribution in [0, 0.1) is 5.82 Å². The molecule has 0 saturated heterocycles. The molecule has 0 aliphatic heterocycles. The van der Waals surface area contributed by atoms with E-state index in [1.165, 1.54) is 12.1 Å². The third kappa shape index (κ3) is 2.90. The van der Waals surface area contributed by atoms with E-state index in [9.17, 15) is 12.8 Å². The van der Waals surface area contributed by atoms with E-state index in [2.05, 4.69) is 5.32 Å². The zero-order chi connectivity index (χ0) is 11.6. The second-order valence-electron chi connectivity index (χ2n) is 3.46. The first-order chi connectivity index (χ1) is 6.82. The lowest BCUT2D eigenvalue weighted by Gasteiger charge is -2.13. The number of sulfonamides is 1. The minimum absolute atomic E-state index is 0.00713. The number of benzene rings is 1. The van der Waals surface area contributed by atoms with Crippen LogP contribution in [0.1, 0.15) is 13.8 Å². The van der Waals surface area contributed by atoms with Gasteiger partial charge < -0.3 is 5.32 Å². The molecule has 0 unspecified atom stereocenters. The Morgan fingerprint density at radius 3 is 2.47 bits per heavy atom. The average Bonchev–Trinajstić information content (AvgIpc) is 1.99. The summed E-state index contributed by atoms with van der Waals surface area (Å²) in [5.41, 5.74) is 0.188. The van der Waals surface area contributed by atoms with Crippen LogP contribution in [0.5, 0.6) is 0 Å². The lowest BCUT2D eigenvalue weighted by atomic mass is 10.3. The van der Waals surface area contributed by atoms with E-state index in [4.69, 9.17) is 5.14 Å². The van der Waals surface area contributed by atoms with Crippen molar-refractivity contribution < 1.29 is 12.8 Å². The molecule has 0 aromatic heterocycles. The van der Waals surface area contributed by atoms with Gasteiger partial charge in [-0.25, -0.2) is 17.9 Å². The van der Waals surface area contributed by atoms with Crippen LogP contribution in [-0.4, -0.2) is 14.5 Å². The lowest BCUT2D eigenvalue weighted by Crippen LogP contribution is -2.19. The quantitative estimate of drug-likeness (QED) is 0.825. The van der Waals surface area contributed by atoms with Gasteiger partial charge >= 0.3 is 0 Å². The Morgan fingerprint density at radius 1 is 1.40 bits per heavy atom. The third-order valence-corrected chi connectivity index (χ3v) is 2.68. The molecular weight excluding hydrogens is 219 g/mol. The fourth-order valence-corrected chi connectivity index (χ4v) is 2.00. The van der Waals surface area contributed by atoms with Gasteiger partial charge in [0.05, 0.1) is 5.69 Å². The summed E-state index contributed by atoms with van der Waals surface area (Å²) >= 11 is 0. The molecule has 4 nitrogen and oxygen atoms in total. The highest BCUT2D eigenvalue weighted by atomic mass is 32.2. The summed E-state index contributed by atoms with van der Waals surface area (Å²) < 4.78 is 35.6. The molecule has 0 heterocycles. The Morgan fingerprint density at radius 2 is 2.00 bits per heavy atom. The smallest absolute Gasteiger partial charge is 0.243 e. The molecule has 84 valence electrons. The normalized spacial score (nSPS) is 11.8. The van der Waals surface area contributed by atoms with Crippen LogP contribution in [-0.2, 0) is 10.0 Å². The summed E-state index contributed by atoms with van der Waals surface area (Å²) in [5.74, 6) is -0.844. The molecule has 1 rings (SSSR count). The highest BCUT2D eigenvalue weighted by Crippen LogP contribution is 2.23. The lowest BCUT2D eigenvalue weighted by molar-refractivity contribution is 0.568. The Labute approximate surface area is 88.3 Å². The maximum Gasteiger partial charge on any atom is 0.243 e. The molecule has 6 heteroatoms. The summed E-state index contributed by atoms with van der Waals surface area (Å²) in [7, 11) is -4.05. The van der Waals surface area contributed by atoms with Crippen molar-refractivity contribution in [3.63, 3.8) is 0 Å². The summed E-state index contributed by atoms with van der Waals surface area (Å²) in [6.07, 6.45) is 0. The zero-order valence-corrected chi connectivity index (χ0v) is 9.31. The monoisotopic (exact) mass is 232 g/mol. The molecule has 0 amide bonds. The number of primary sulfonamides is 1. The van der Waals surface area contributed by atoms with Gasteiger partial charge in [0.15, 0.2) is 0 Å². The van der Waals surface area contributed by atoms with Gasteiger partial charge in [0.1, 0.15) is 10.7 Å². The SMILES string of the molecule is CC(C)Nc1cccc(F)c1S(N)(=O)=O. The van der Waals surface area contributed by atoms with Crippen molar-refractivity contribution >= 4 is 15.7 Å². The second kappa shape index (κ2) is 4.16. The van der Waals surface area contributed by atoms with E-state index in [0.717, 1.165) is 6.07 Å². The van der Waals surface area contributed by atoms with Crippen molar-refractivity contribution in [1.82, 2.24) is 0 Å². The van der Waals surface area contributed by atoms with Crippen molar-refractivity contribution in [2.45, 2.75) is 24.8 Å². The molecule has 0 fully saturated rings. The second-order valence-corrected chi connectivity index (χ2v) is 4.96. The van der Waals surface area contributed by atoms with Gasteiger partial charge in [-0.2, -0.15) is 0 Å². The third-order valence-electron chi connectivity index (χ3n) is 1.70. The van der Waals surface area contributed by atoms with Crippen LogP contribution in [0.3, 0.4) is 0 Å². The van der Waals surface area contributed by atoms with Crippen molar-refractivity contribution in [3.05, 3.63) is 24.0 Å². The average molecular weight is 232 g/mol. The number of hydrogen-bond donors (Lipinski definition) is 2. The largest absolute Gasteiger partial charge is 0.382 e. The van der Waals surface area contributed by atoms with Crippen LogP contribution in [0.2, 0.25) is 0 Å². The van der Waals surface area contributed by atoms with E-state index >= 15 is 0 Å². The Hall–Kier alpha value is -1.14. The number of anilines is 1. The molecule has 1 aromatic carbocycles. The molecule has 0 bridgehead atoms. The maximum absolute atomic E-state index is 13.3. The molecule has 1 aromatic rings. The minimum Gasteiger partial charge on any atom is -0.382 e. The first kappa shape index (κ1) is 11.9. The molecule has 0 aliphatic carbocycles. The molecule has 0 radical (unpaired) electrons. The first-order valence-corrected chi connectivity index (χ1v) is 5.95. The van der Waals surface area contributed by atoms with E-state index in [0.29, 0.717) is 0 Å². The van der Waals surface area contributed by atoms with Crippen LogP contribution in [0.4, 0.5) is 10.1 Å². The van der Waals surface area contributed by atoms with Gasteiger partial charge in [0.2, 0.25) is 10.0 Å². The molecular formula is C9H13FN2O2S. The number of nitrogens with two attached hydrogens (primary N) is 1. The van der Waals surface area contributed by atoms with Crippen LogP contribution in [0.15, 0.2) is 23.1 Å². The van der Waals surface area contributed by atoms with Crippen LogP contribution in [0.25, 0.3) is 0 Å². The van der Waals surface area contributed by atoms with Gasteiger partial charge in [0, 0.05) is 6.04 Å². The van der Waals surface area contributed by atoms with Gasteiger partial charge in [-0.1, -0.05) is 6.07 Å². The molecule has 0 spiro atoms. The van der Waals surface area contributed by atoms with E-state index in [1.54, 1.807) is 0 Å². The van der Waals surface area contributed by atoms with Gasteiger partial charge in [-0.05, 0) is 26.0 Å². The van der Waals surface area contributed by atoms with Gasteiger partial charge in [0.25, 0.3) is 0 Å². The van der Waals surface area contributed by atoms with E-state index in [-0.39, 0.29) is 11.7 Å². The predicted molar refractivity (Wildman–Crippen MR) is 56.5 cm³/mol. The molecule has 0 aliphatic rings. The molecule has 3 N–H and O–H groups in total. The predicted octanol–water partition coefficient (Wildman–Crippen LogP) is 1.29. The molecule has 0 atom stereocenters. The Kier molecular flexibility index (Phi) is 3.31. The summed E-state index contributed by atoms with van der Waals surface area (Å²) in [6.45, 7) is 3.63. The van der Waals surface area contributed by atoms with Crippen molar-refractivity contribution in [2.24, 2.45) is 5.14 Å². The molecule has 15 heavy (non-hydrogen) atoms. The van der Waals surface area contributed by atoms with Crippen molar-refractivity contribution in [3.8, 4) is 0 Å². The minimum atomic E-state index is -4.05. The highest BCUT2D eigenvalue weighted by molar-refractivity contribution is 7.89. The highest BCUT2D eigenvalue weighted by Gasteiger charge is 2.19. The van der Waals surface area contributed by atoms with Crippen LogP contribution >= 0.6 is 0 Å². The number of nitrogens with one attached hydrogen (secondary N) is 1. The maximum atomic E-state index is 13.3. The number of halogens is 1. The topological polar surface area (TPSA) is 72.2 Å². The van der Waals surface area contributed by atoms with Crippen molar-refractivity contribution in [2.75, 3.05) is 5.32 Å². The first-order valence-electron chi connectivity index (χ1n) is 4.40. The zero-order valence-electron chi connectivity index (χ0n) is 8.49. The van der Waals surface area contributed by atoms with Gasteiger partial charge in [-0.3, -0.25) is 0 Å². The standard InChI is InChI=1S/C9H13FN2O2S/c1-6(2)12-8-5-3-4-7(10)9(8)15(11,13)14/h3-6,12H,1-2H3,(H2,11,13,14). The Balaban J connectivity index is 3.34. The fourth-order valence-electron chi connectivity index (χ4n) is 1.22. The van der Waals surface area contributed by atoms with E-state index in [1.807, 2.05) is 13.8 Å². The summed E-state index contributed by atoms with van der Waals surface area (Å²) in [5, 5.41) is 7.75.